The van der Waals surface area contributed by atoms with Gasteiger partial charge in [-0.2, -0.15) is 0 Å². The van der Waals surface area contributed by atoms with Gasteiger partial charge in [-0.1, -0.05) is 60.7 Å². The minimum atomic E-state index is -3.28. The van der Waals surface area contributed by atoms with Crippen molar-refractivity contribution in [3.63, 3.8) is 0 Å². The molecule has 0 amide bonds. The molecule has 31 heavy (non-hydrogen) atoms. The Hall–Kier alpha value is -1.95. The lowest BCUT2D eigenvalue weighted by Gasteiger charge is -2.18. The molecule has 5 rings (SSSR count). The van der Waals surface area contributed by atoms with Gasteiger partial charge in [-0.15, -0.1) is 0 Å². The van der Waals surface area contributed by atoms with Crippen molar-refractivity contribution in [3.8, 4) is 0 Å². The van der Waals surface area contributed by atoms with E-state index in [9.17, 15) is 8.42 Å². The number of likely N-dealkylation sites (tertiary alicyclic amines) is 1. The summed E-state index contributed by atoms with van der Waals surface area (Å²) in [6.45, 7) is 4.91. The molecule has 0 spiro atoms. The Morgan fingerprint density at radius 2 is 1.61 bits per heavy atom. The maximum absolute atomic E-state index is 13.0. The van der Waals surface area contributed by atoms with Gasteiger partial charge in [-0.25, -0.2) is 12.7 Å². The summed E-state index contributed by atoms with van der Waals surface area (Å²) in [5.74, 6) is 0.828. The van der Waals surface area contributed by atoms with Crippen molar-refractivity contribution in [2.24, 2.45) is 11.8 Å². The Bertz CT molecular complexity index is 1020. The predicted molar refractivity (Wildman–Crippen MR) is 126 cm³/mol. The molecule has 2 aliphatic heterocycles. The summed E-state index contributed by atoms with van der Waals surface area (Å²) in [5.41, 5.74) is 4.86. The van der Waals surface area contributed by atoms with E-state index in [-0.39, 0.29) is 5.75 Å². The van der Waals surface area contributed by atoms with Crippen LogP contribution in [0.5, 0.6) is 0 Å². The number of nitrogens with zero attached hydrogens (tertiary/aromatic N) is 2. The molecule has 0 radical (unpaired) electrons. The van der Waals surface area contributed by atoms with E-state index in [1.807, 2.05) is 30.3 Å². The molecule has 5 heteroatoms. The van der Waals surface area contributed by atoms with Gasteiger partial charge in [-0.3, -0.25) is 0 Å². The summed E-state index contributed by atoms with van der Waals surface area (Å²) in [5, 5.41) is 0. The highest BCUT2D eigenvalue weighted by Gasteiger charge is 2.42. The van der Waals surface area contributed by atoms with Crippen LogP contribution in [0.1, 0.15) is 36.0 Å². The number of fused-ring (bicyclic) bond motifs is 1. The average Bonchev–Trinajstić information content (AvgIpc) is 3.51. The van der Waals surface area contributed by atoms with Gasteiger partial charge in [0, 0.05) is 25.6 Å². The fourth-order valence-corrected chi connectivity index (χ4v) is 7.05. The standard InChI is InChI=1S/C26H32N2O2S/c29-31(30,20-22-6-2-1-3-7-22)28-18-24-12-13-25(26(24)19-28)23-10-8-21(9-11-23)14-17-27-15-4-5-16-27/h1-3,6-11,13,24,26H,4-5,12,14-20H2/t24-,26+/m0/s1. The van der Waals surface area contributed by atoms with Crippen molar-refractivity contribution in [2.75, 3.05) is 32.7 Å². The van der Waals surface area contributed by atoms with E-state index in [1.54, 1.807) is 4.31 Å². The van der Waals surface area contributed by atoms with Crippen molar-refractivity contribution in [2.45, 2.75) is 31.4 Å². The Balaban J connectivity index is 1.22. The number of rotatable bonds is 7. The SMILES string of the molecule is O=S(=O)(Cc1ccccc1)N1C[C@@H]2CC=C(c3ccc(CCN4CCCC4)cc3)[C@@H]2C1. The third-order valence-corrected chi connectivity index (χ3v) is 9.02. The highest BCUT2D eigenvalue weighted by atomic mass is 32.2. The second kappa shape index (κ2) is 8.89. The van der Waals surface area contributed by atoms with E-state index < -0.39 is 10.0 Å². The van der Waals surface area contributed by atoms with E-state index in [4.69, 9.17) is 0 Å². The van der Waals surface area contributed by atoms with Crippen LogP contribution < -0.4 is 0 Å². The zero-order valence-electron chi connectivity index (χ0n) is 18.1. The quantitative estimate of drug-likeness (QED) is 0.653. The lowest BCUT2D eigenvalue weighted by molar-refractivity contribution is 0.343. The van der Waals surface area contributed by atoms with Crippen molar-refractivity contribution in [1.82, 2.24) is 9.21 Å². The van der Waals surface area contributed by atoms with Gasteiger partial charge >= 0.3 is 0 Å². The molecule has 0 aromatic heterocycles. The van der Waals surface area contributed by atoms with Crippen molar-refractivity contribution >= 4 is 15.6 Å². The molecule has 1 aliphatic carbocycles. The van der Waals surface area contributed by atoms with Crippen molar-refractivity contribution in [3.05, 3.63) is 77.4 Å². The third-order valence-electron chi connectivity index (χ3n) is 7.24. The number of hydrogen-bond donors (Lipinski definition) is 0. The molecule has 0 unspecified atom stereocenters. The van der Waals surface area contributed by atoms with Crippen LogP contribution >= 0.6 is 0 Å². The zero-order chi connectivity index (χ0) is 21.3. The molecule has 0 bridgehead atoms. The summed E-state index contributed by atoms with van der Waals surface area (Å²) < 4.78 is 27.7. The molecule has 2 aromatic rings. The molecule has 2 heterocycles. The minimum absolute atomic E-state index is 0.0953. The first-order valence-corrected chi connectivity index (χ1v) is 13.2. The lowest BCUT2D eigenvalue weighted by Crippen LogP contribution is -2.30. The van der Waals surface area contributed by atoms with Crippen LogP contribution in [0.2, 0.25) is 0 Å². The maximum atomic E-state index is 13.0. The summed E-state index contributed by atoms with van der Waals surface area (Å²) in [6.07, 6.45) is 7.11. The van der Waals surface area contributed by atoms with Crippen LogP contribution in [0.25, 0.3) is 5.57 Å². The van der Waals surface area contributed by atoms with Crippen LogP contribution in [0.4, 0.5) is 0 Å². The number of hydrogen-bond acceptors (Lipinski definition) is 3. The Kier molecular flexibility index (Phi) is 6.00. The van der Waals surface area contributed by atoms with Crippen molar-refractivity contribution < 1.29 is 8.42 Å². The van der Waals surface area contributed by atoms with Gasteiger partial charge in [-0.05, 0) is 67.0 Å². The van der Waals surface area contributed by atoms with Gasteiger partial charge < -0.3 is 4.90 Å². The smallest absolute Gasteiger partial charge is 0.218 e. The normalized spacial score (nSPS) is 24.5. The molecule has 4 nitrogen and oxygen atoms in total. The summed E-state index contributed by atoms with van der Waals surface area (Å²) in [6, 6.07) is 18.5. The predicted octanol–water partition coefficient (Wildman–Crippen LogP) is 4.19. The first-order valence-electron chi connectivity index (χ1n) is 11.6. The van der Waals surface area contributed by atoms with Crippen molar-refractivity contribution in [1.29, 1.82) is 0 Å². The average molecular weight is 437 g/mol. The molecule has 2 atom stereocenters. The maximum Gasteiger partial charge on any atom is 0.218 e. The van der Waals surface area contributed by atoms with Crippen LogP contribution in [0, 0.1) is 11.8 Å². The van der Waals surface area contributed by atoms with Gasteiger partial charge in [0.25, 0.3) is 0 Å². The summed E-state index contributed by atoms with van der Waals surface area (Å²) in [4.78, 5) is 2.56. The molecular weight excluding hydrogens is 404 g/mol. The van der Waals surface area contributed by atoms with E-state index in [2.05, 4.69) is 35.2 Å². The largest absolute Gasteiger partial charge is 0.303 e. The number of allylic oxidation sites excluding steroid dienone is 1. The van der Waals surface area contributed by atoms with E-state index in [0.717, 1.165) is 24.9 Å². The van der Waals surface area contributed by atoms with Gasteiger partial charge in [0.15, 0.2) is 0 Å². The third kappa shape index (κ3) is 4.64. The number of benzene rings is 2. The monoisotopic (exact) mass is 436 g/mol. The molecule has 2 aromatic carbocycles. The Morgan fingerprint density at radius 1 is 0.871 bits per heavy atom. The highest BCUT2D eigenvalue weighted by Crippen LogP contribution is 2.44. The number of sulfonamides is 1. The van der Waals surface area contributed by atoms with Gasteiger partial charge in [0.05, 0.1) is 5.75 Å². The Morgan fingerprint density at radius 3 is 2.35 bits per heavy atom. The topological polar surface area (TPSA) is 40.6 Å². The molecule has 2 saturated heterocycles. The zero-order valence-corrected chi connectivity index (χ0v) is 18.9. The van der Waals surface area contributed by atoms with Gasteiger partial charge in [0.2, 0.25) is 10.0 Å². The lowest BCUT2D eigenvalue weighted by atomic mass is 9.90. The van der Waals surface area contributed by atoms with E-state index in [1.165, 1.54) is 42.6 Å². The van der Waals surface area contributed by atoms with E-state index >= 15 is 0 Å². The molecule has 2 fully saturated rings. The second-order valence-corrected chi connectivity index (χ2v) is 11.3. The fourth-order valence-electron chi connectivity index (χ4n) is 5.45. The fraction of sp³-hybridized carbons (Fsp3) is 0.462. The molecule has 0 saturated carbocycles. The van der Waals surface area contributed by atoms with Crippen LogP contribution in [0.15, 0.2) is 60.7 Å². The molecule has 0 N–H and O–H groups in total. The second-order valence-electron chi connectivity index (χ2n) is 9.32. The summed E-state index contributed by atoms with van der Waals surface area (Å²) >= 11 is 0. The van der Waals surface area contributed by atoms with Crippen LogP contribution in [-0.4, -0.2) is 50.3 Å². The molecule has 3 aliphatic rings. The van der Waals surface area contributed by atoms with Crippen LogP contribution in [0.3, 0.4) is 0 Å². The summed E-state index contributed by atoms with van der Waals surface area (Å²) in [7, 11) is -3.28. The first-order chi connectivity index (χ1) is 15.1. The first kappa shape index (κ1) is 20.9. The van der Waals surface area contributed by atoms with Gasteiger partial charge in [0.1, 0.15) is 0 Å². The molecule has 164 valence electrons. The minimum Gasteiger partial charge on any atom is -0.303 e. The van der Waals surface area contributed by atoms with Crippen LogP contribution in [-0.2, 0) is 22.2 Å². The van der Waals surface area contributed by atoms with E-state index in [0.29, 0.717) is 24.9 Å². The Labute approximate surface area is 186 Å². The highest BCUT2D eigenvalue weighted by molar-refractivity contribution is 7.88. The molecular formula is C26H32N2O2S.